The standard InChI is InChI=1S/C11H22N2O2SSi2/c1-16-9-8-12-11(15-18(5,6)7)13-10(9)14-17(2,3)4/h8H,1-7H3. The van der Waals surface area contributed by atoms with Crippen molar-refractivity contribution in [1.29, 1.82) is 0 Å². The van der Waals surface area contributed by atoms with E-state index in [1.54, 1.807) is 18.0 Å². The molecule has 102 valence electrons. The van der Waals surface area contributed by atoms with Gasteiger partial charge in [-0.2, -0.15) is 4.98 Å². The van der Waals surface area contributed by atoms with Crippen molar-refractivity contribution in [3.05, 3.63) is 6.20 Å². The number of hydrogen-bond donors (Lipinski definition) is 0. The molecule has 0 N–H and O–H groups in total. The largest absolute Gasteiger partial charge is 0.531 e. The fraction of sp³-hybridized carbons (Fsp3) is 0.636. The number of thioether (sulfide) groups is 1. The van der Waals surface area contributed by atoms with Crippen LogP contribution >= 0.6 is 11.8 Å². The first-order valence-corrected chi connectivity index (χ1v) is 13.9. The highest BCUT2D eigenvalue weighted by Gasteiger charge is 2.22. The van der Waals surface area contributed by atoms with Crippen LogP contribution in [0.5, 0.6) is 11.9 Å². The lowest BCUT2D eigenvalue weighted by molar-refractivity contribution is 0.466. The summed E-state index contributed by atoms with van der Waals surface area (Å²) in [4.78, 5) is 9.61. The Balaban J connectivity index is 3.02. The van der Waals surface area contributed by atoms with E-state index >= 15 is 0 Å². The Morgan fingerprint density at radius 3 is 2.00 bits per heavy atom. The zero-order valence-electron chi connectivity index (χ0n) is 12.2. The van der Waals surface area contributed by atoms with E-state index in [-0.39, 0.29) is 0 Å². The van der Waals surface area contributed by atoms with Crippen LogP contribution in [-0.2, 0) is 0 Å². The number of aromatic nitrogens is 2. The van der Waals surface area contributed by atoms with Crippen LogP contribution in [0.1, 0.15) is 0 Å². The third-order valence-electron chi connectivity index (χ3n) is 1.72. The van der Waals surface area contributed by atoms with Gasteiger partial charge in [0.1, 0.15) is 0 Å². The van der Waals surface area contributed by atoms with Gasteiger partial charge in [-0.1, -0.05) is 0 Å². The predicted octanol–water partition coefficient (Wildman–Crippen LogP) is 3.63. The first-order valence-electron chi connectivity index (χ1n) is 5.90. The molecule has 0 fully saturated rings. The van der Waals surface area contributed by atoms with Gasteiger partial charge in [0.25, 0.3) is 0 Å². The summed E-state index contributed by atoms with van der Waals surface area (Å²) in [6.07, 6.45) is 3.78. The molecule has 0 saturated carbocycles. The molecule has 0 aliphatic heterocycles. The van der Waals surface area contributed by atoms with Gasteiger partial charge in [-0.15, -0.1) is 11.8 Å². The van der Waals surface area contributed by atoms with Gasteiger partial charge in [0.2, 0.25) is 22.5 Å². The molecule has 0 aliphatic rings. The monoisotopic (exact) mass is 302 g/mol. The second-order valence-electron chi connectivity index (χ2n) is 5.95. The van der Waals surface area contributed by atoms with E-state index in [0.29, 0.717) is 11.9 Å². The molecule has 1 heterocycles. The molecule has 4 nitrogen and oxygen atoms in total. The summed E-state index contributed by atoms with van der Waals surface area (Å²) in [5.74, 6) is 0.657. The summed E-state index contributed by atoms with van der Waals surface area (Å²) in [6.45, 7) is 12.7. The van der Waals surface area contributed by atoms with Crippen LogP contribution in [0.2, 0.25) is 39.3 Å². The maximum atomic E-state index is 5.98. The Morgan fingerprint density at radius 2 is 1.56 bits per heavy atom. The van der Waals surface area contributed by atoms with Crippen molar-refractivity contribution in [2.75, 3.05) is 6.26 Å². The molecule has 1 aromatic heterocycles. The van der Waals surface area contributed by atoms with E-state index in [0.717, 1.165) is 4.90 Å². The van der Waals surface area contributed by atoms with E-state index in [1.807, 2.05) is 6.26 Å². The minimum Gasteiger partial charge on any atom is -0.531 e. The first-order chi connectivity index (χ1) is 8.11. The normalized spacial score (nSPS) is 12.4. The Bertz CT molecular complexity index is 416. The molecule has 1 rings (SSSR count). The highest BCUT2D eigenvalue weighted by Crippen LogP contribution is 2.28. The van der Waals surface area contributed by atoms with Gasteiger partial charge in [0.05, 0.1) is 11.1 Å². The zero-order chi connectivity index (χ0) is 14.0. The van der Waals surface area contributed by atoms with E-state index in [1.165, 1.54) is 0 Å². The smallest absolute Gasteiger partial charge is 0.305 e. The van der Waals surface area contributed by atoms with Gasteiger partial charge in [0, 0.05) is 0 Å². The maximum absolute atomic E-state index is 5.98. The molecule has 0 radical (unpaired) electrons. The molecule has 0 aliphatic carbocycles. The predicted molar refractivity (Wildman–Crippen MR) is 81.8 cm³/mol. The van der Waals surface area contributed by atoms with Crippen molar-refractivity contribution < 1.29 is 8.85 Å². The lowest BCUT2D eigenvalue weighted by Crippen LogP contribution is -2.32. The molecule has 0 amide bonds. The number of rotatable bonds is 5. The van der Waals surface area contributed by atoms with Gasteiger partial charge in [0.15, 0.2) is 0 Å². The lowest BCUT2D eigenvalue weighted by Gasteiger charge is -2.22. The zero-order valence-corrected chi connectivity index (χ0v) is 15.0. The van der Waals surface area contributed by atoms with Gasteiger partial charge in [-0.05, 0) is 45.5 Å². The number of hydrogen-bond acceptors (Lipinski definition) is 5. The van der Waals surface area contributed by atoms with Gasteiger partial charge >= 0.3 is 6.01 Å². The van der Waals surface area contributed by atoms with Crippen LogP contribution in [0.25, 0.3) is 0 Å². The molecular formula is C11H22N2O2SSi2. The Hall–Kier alpha value is -0.536. The molecule has 0 aromatic carbocycles. The van der Waals surface area contributed by atoms with E-state index < -0.39 is 16.6 Å². The minimum atomic E-state index is -1.68. The molecule has 0 bridgehead atoms. The molecule has 0 spiro atoms. The fourth-order valence-corrected chi connectivity index (χ4v) is 3.04. The van der Waals surface area contributed by atoms with Crippen molar-refractivity contribution >= 4 is 28.4 Å². The minimum absolute atomic E-state index is 0.431. The van der Waals surface area contributed by atoms with Crippen molar-refractivity contribution in [3.8, 4) is 11.9 Å². The Kier molecular flexibility index (Phi) is 4.85. The van der Waals surface area contributed by atoms with Gasteiger partial charge < -0.3 is 8.85 Å². The van der Waals surface area contributed by atoms with Crippen molar-refractivity contribution in [2.45, 2.75) is 44.2 Å². The average molecular weight is 303 g/mol. The molecular weight excluding hydrogens is 280 g/mol. The second-order valence-corrected chi connectivity index (χ2v) is 15.7. The Morgan fingerprint density at radius 1 is 1.00 bits per heavy atom. The quantitative estimate of drug-likeness (QED) is 0.614. The van der Waals surface area contributed by atoms with Crippen LogP contribution < -0.4 is 8.85 Å². The van der Waals surface area contributed by atoms with Crippen LogP contribution in [0.3, 0.4) is 0 Å². The highest BCUT2D eigenvalue weighted by molar-refractivity contribution is 7.98. The molecule has 7 heteroatoms. The van der Waals surface area contributed by atoms with Gasteiger partial charge in [-0.25, -0.2) is 4.98 Å². The molecule has 18 heavy (non-hydrogen) atoms. The second kappa shape index (κ2) is 5.62. The van der Waals surface area contributed by atoms with Crippen LogP contribution in [0.4, 0.5) is 0 Å². The average Bonchev–Trinajstić information content (AvgIpc) is 2.12. The van der Waals surface area contributed by atoms with Gasteiger partial charge in [-0.3, -0.25) is 0 Å². The summed E-state index contributed by atoms with van der Waals surface area (Å²) in [5.41, 5.74) is 0. The summed E-state index contributed by atoms with van der Waals surface area (Å²) < 4.78 is 11.8. The fourth-order valence-electron chi connectivity index (χ4n) is 1.17. The summed E-state index contributed by atoms with van der Waals surface area (Å²) in [6, 6.07) is 0.431. The van der Waals surface area contributed by atoms with E-state index in [2.05, 4.69) is 49.3 Å². The summed E-state index contributed by atoms with van der Waals surface area (Å²) in [5, 5.41) is 0. The SMILES string of the molecule is CSc1cnc(O[Si](C)(C)C)nc1O[Si](C)(C)C. The van der Waals surface area contributed by atoms with E-state index in [9.17, 15) is 0 Å². The van der Waals surface area contributed by atoms with Crippen molar-refractivity contribution in [3.63, 3.8) is 0 Å². The topological polar surface area (TPSA) is 44.2 Å². The molecule has 0 unspecified atom stereocenters. The lowest BCUT2D eigenvalue weighted by atomic mass is 10.6. The molecule has 0 saturated heterocycles. The van der Waals surface area contributed by atoms with E-state index in [4.69, 9.17) is 8.85 Å². The highest BCUT2D eigenvalue weighted by atomic mass is 32.2. The van der Waals surface area contributed by atoms with Crippen LogP contribution in [0.15, 0.2) is 11.1 Å². The molecule has 1 aromatic rings. The maximum Gasteiger partial charge on any atom is 0.305 e. The third-order valence-corrected chi connectivity index (χ3v) is 4.04. The Labute approximate surface area is 116 Å². The van der Waals surface area contributed by atoms with Crippen LogP contribution in [0, 0.1) is 0 Å². The van der Waals surface area contributed by atoms with Crippen LogP contribution in [-0.4, -0.2) is 32.9 Å². The summed E-state index contributed by atoms with van der Waals surface area (Å²) in [7, 11) is -3.36. The first kappa shape index (κ1) is 15.5. The third kappa shape index (κ3) is 5.41. The summed E-state index contributed by atoms with van der Waals surface area (Å²) >= 11 is 1.59. The van der Waals surface area contributed by atoms with Crippen molar-refractivity contribution in [2.24, 2.45) is 0 Å². The number of nitrogens with zero attached hydrogens (tertiary/aromatic N) is 2. The van der Waals surface area contributed by atoms with Crippen molar-refractivity contribution in [1.82, 2.24) is 9.97 Å². The molecule has 0 atom stereocenters.